The predicted molar refractivity (Wildman–Crippen MR) is 89.7 cm³/mol. The van der Waals surface area contributed by atoms with E-state index >= 15 is 0 Å². The third-order valence-electron chi connectivity index (χ3n) is 4.37. The van der Waals surface area contributed by atoms with Crippen LogP contribution in [-0.2, 0) is 6.54 Å². The zero-order valence-electron chi connectivity index (χ0n) is 12.5. The molecule has 2 aromatic carbocycles. The molecule has 2 heterocycles. The van der Waals surface area contributed by atoms with E-state index in [4.69, 9.17) is 0 Å². The Balaban J connectivity index is 1.57. The van der Waals surface area contributed by atoms with Crippen molar-refractivity contribution in [3.63, 3.8) is 0 Å². The zero-order chi connectivity index (χ0) is 14.8. The average molecular weight is 292 g/mol. The molecular weight excluding hydrogens is 272 g/mol. The Bertz CT molecular complexity index is 754. The fourth-order valence-electron chi connectivity index (χ4n) is 3.14. The van der Waals surface area contributed by atoms with Crippen molar-refractivity contribution in [2.75, 3.05) is 26.2 Å². The number of rotatable bonds is 3. The molecule has 4 nitrogen and oxygen atoms in total. The van der Waals surface area contributed by atoms with Crippen LogP contribution in [0.3, 0.4) is 0 Å². The minimum Gasteiger partial charge on any atom is -0.314 e. The first-order valence-electron chi connectivity index (χ1n) is 7.85. The molecule has 0 atom stereocenters. The first kappa shape index (κ1) is 13.5. The lowest BCUT2D eigenvalue weighted by molar-refractivity contribution is 0.233. The Labute approximate surface area is 130 Å². The van der Waals surface area contributed by atoms with Crippen LogP contribution < -0.4 is 5.32 Å². The number of H-pyrrole nitrogens is 1. The van der Waals surface area contributed by atoms with Gasteiger partial charge in [0.05, 0.1) is 11.7 Å². The maximum absolute atomic E-state index is 4.14. The van der Waals surface area contributed by atoms with Crippen LogP contribution in [0.4, 0.5) is 0 Å². The van der Waals surface area contributed by atoms with Crippen molar-refractivity contribution < 1.29 is 0 Å². The van der Waals surface area contributed by atoms with Gasteiger partial charge < -0.3 is 5.32 Å². The summed E-state index contributed by atoms with van der Waals surface area (Å²) >= 11 is 0. The Morgan fingerprint density at radius 2 is 1.82 bits per heavy atom. The van der Waals surface area contributed by atoms with E-state index in [0.29, 0.717) is 0 Å². The average Bonchev–Trinajstić information content (AvgIpc) is 3.05. The lowest BCUT2D eigenvalue weighted by Crippen LogP contribution is -2.42. The van der Waals surface area contributed by atoms with E-state index < -0.39 is 0 Å². The molecular formula is C18H20N4. The molecule has 0 unspecified atom stereocenters. The van der Waals surface area contributed by atoms with Crippen LogP contribution in [0.15, 0.2) is 48.7 Å². The summed E-state index contributed by atoms with van der Waals surface area (Å²) in [7, 11) is 0. The largest absolute Gasteiger partial charge is 0.314 e. The van der Waals surface area contributed by atoms with Crippen molar-refractivity contribution in [2.24, 2.45) is 0 Å². The Kier molecular flexibility index (Phi) is 3.62. The second kappa shape index (κ2) is 5.91. The van der Waals surface area contributed by atoms with Crippen LogP contribution in [0.2, 0.25) is 0 Å². The van der Waals surface area contributed by atoms with Gasteiger partial charge in [-0.3, -0.25) is 10.00 Å². The minimum absolute atomic E-state index is 1.04. The van der Waals surface area contributed by atoms with E-state index in [1.54, 1.807) is 0 Å². The topological polar surface area (TPSA) is 44.0 Å². The van der Waals surface area contributed by atoms with E-state index in [2.05, 4.69) is 62.9 Å². The van der Waals surface area contributed by atoms with Crippen LogP contribution in [0.25, 0.3) is 22.0 Å². The van der Waals surface area contributed by atoms with Gasteiger partial charge in [0, 0.05) is 38.1 Å². The molecule has 0 saturated carbocycles. The van der Waals surface area contributed by atoms with Crippen molar-refractivity contribution in [3.8, 4) is 11.1 Å². The van der Waals surface area contributed by atoms with Crippen molar-refractivity contribution in [3.05, 3.63) is 54.2 Å². The summed E-state index contributed by atoms with van der Waals surface area (Å²) < 4.78 is 0. The molecule has 112 valence electrons. The first-order chi connectivity index (χ1) is 10.9. The summed E-state index contributed by atoms with van der Waals surface area (Å²) in [5, 5.41) is 11.8. The third-order valence-corrected chi connectivity index (χ3v) is 4.37. The molecule has 1 aliphatic heterocycles. The van der Waals surface area contributed by atoms with Gasteiger partial charge in [0.2, 0.25) is 0 Å². The number of hydrogen-bond donors (Lipinski definition) is 2. The fourth-order valence-corrected chi connectivity index (χ4v) is 3.14. The summed E-state index contributed by atoms with van der Waals surface area (Å²) in [6.07, 6.45) is 1.90. The molecule has 2 N–H and O–H groups in total. The predicted octanol–water partition coefficient (Wildman–Crippen LogP) is 2.64. The van der Waals surface area contributed by atoms with Crippen LogP contribution in [0.5, 0.6) is 0 Å². The van der Waals surface area contributed by atoms with E-state index in [1.165, 1.54) is 22.1 Å². The lowest BCUT2D eigenvalue weighted by atomic mass is 10.0. The molecule has 0 amide bonds. The van der Waals surface area contributed by atoms with Gasteiger partial charge in [-0.1, -0.05) is 36.4 Å². The molecule has 1 aromatic heterocycles. The minimum atomic E-state index is 1.04. The van der Waals surface area contributed by atoms with Gasteiger partial charge >= 0.3 is 0 Å². The van der Waals surface area contributed by atoms with Crippen molar-refractivity contribution in [1.82, 2.24) is 20.4 Å². The van der Waals surface area contributed by atoms with Crippen molar-refractivity contribution in [2.45, 2.75) is 6.54 Å². The van der Waals surface area contributed by atoms with E-state index in [1.807, 2.05) is 6.20 Å². The first-order valence-corrected chi connectivity index (χ1v) is 7.85. The Morgan fingerprint density at radius 1 is 1.00 bits per heavy atom. The van der Waals surface area contributed by atoms with Crippen molar-refractivity contribution >= 4 is 10.9 Å². The molecule has 1 fully saturated rings. The fraction of sp³-hybridized carbons (Fsp3) is 0.278. The molecule has 22 heavy (non-hydrogen) atoms. The van der Waals surface area contributed by atoms with E-state index in [9.17, 15) is 0 Å². The van der Waals surface area contributed by atoms with Crippen molar-refractivity contribution in [1.29, 1.82) is 0 Å². The highest BCUT2D eigenvalue weighted by molar-refractivity contribution is 5.94. The summed E-state index contributed by atoms with van der Waals surface area (Å²) in [5.41, 5.74) is 4.95. The summed E-state index contributed by atoms with van der Waals surface area (Å²) in [6.45, 7) is 5.51. The van der Waals surface area contributed by atoms with Gasteiger partial charge in [-0.05, 0) is 22.8 Å². The molecule has 0 aliphatic carbocycles. The van der Waals surface area contributed by atoms with Gasteiger partial charge in [-0.2, -0.15) is 5.10 Å². The molecule has 4 rings (SSSR count). The van der Waals surface area contributed by atoms with Gasteiger partial charge in [0.1, 0.15) is 0 Å². The summed E-state index contributed by atoms with van der Waals surface area (Å²) in [4.78, 5) is 2.50. The van der Waals surface area contributed by atoms with Gasteiger partial charge in [-0.15, -0.1) is 0 Å². The van der Waals surface area contributed by atoms with E-state index in [-0.39, 0.29) is 0 Å². The Morgan fingerprint density at radius 3 is 2.64 bits per heavy atom. The van der Waals surface area contributed by atoms with Crippen LogP contribution in [-0.4, -0.2) is 41.3 Å². The SMILES string of the molecule is c1cc(-c2ccc(CN3CCNCC3)cc2)c2cn[nH]c2c1. The molecule has 3 aromatic rings. The normalized spacial score (nSPS) is 16.2. The molecule has 4 heteroatoms. The smallest absolute Gasteiger partial charge is 0.0656 e. The lowest BCUT2D eigenvalue weighted by Gasteiger charge is -2.27. The third kappa shape index (κ3) is 2.63. The highest BCUT2D eigenvalue weighted by atomic mass is 15.2. The number of nitrogens with zero attached hydrogens (tertiary/aromatic N) is 2. The standard InChI is InChI=1S/C18H20N4/c1-2-16(17-12-20-21-18(17)3-1)15-6-4-14(5-7-15)13-22-10-8-19-9-11-22/h1-7,12,19H,8-11,13H2,(H,20,21). The maximum atomic E-state index is 4.14. The van der Waals surface area contributed by atoms with E-state index in [0.717, 1.165) is 38.2 Å². The molecule has 0 bridgehead atoms. The maximum Gasteiger partial charge on any atom is 0.0656 e. The van der Waals surface area contributed by atoms with Gasteiger partial charge in [0.25, 0.3) is 0 Å². The summed E-state index contributed by atoms with van der Waals surface area (Å²) in [6, 6.07) is 15.2. The number of nitrogens with one attached hydrogen (secondary N) is 2. The second-order valence-electron chi connectivity index (χ2n) is 5.86. The Hall–Kier alpha value is -2.17. The highest BCUT2D eigenvalue weighted by Crippen LogP contribution is 2.27. The number of piperazine rings is 1. The van der Waals surface area contributed by atoms with Gasteiger partial charge in [-0.25, -0.2) is 0 Å². The monoisotopic (exact) mass is 292 g/mol. The van der Waals surface area contributed by atoms with Gasteiger partial charge in [0.15, 0.2) is 0 Å². The zero-order valence-corrected chi connectivity index (χ0v) is 12.5. The molecule has 1 aliphatic rings. The van der Waals surface area contributed by atoms with Crippen LogP contribution >= 0.6 is 0 Å². The van der Waals surface area contributed by atoms with Crippen LogP contribution in [0.1, 0.15) is 5.56 Å². The molecule has 1 saturated heterocycles. The number of aromatic amines is 1. The number of fused-ring (bicyclic) bond motifs is 1. The molecule has 0 radical (unpaired) electrons. The highest BCUT2D eigenvalue weighted by Gasteiger charge is 2.10. The molecule has 0 spiro atoms. The number of hydrogen-bond acceptors (Lipinski definition) is 3. The van der Waals surface area contributed by atoms with Crippen LogP contribution in [0, 0.1) is 0 Å². The summed E-state index contributed by atoms with van der Waals surface area (Å²) in [5.74, 6) is 0. The number of benzene rings is 2. The quantitative estimate of drug-likeness (QED) is 0.780. The second-order valence-corrected chi connectivity index (χ2v) is 5.86. The number of aromatic nitrogens is 2.